The third-order valence-electron chi connectivity index (χ3n) is 3.74. The highest BCUT2D eigenvalue weighted by Gasteiger charge is 2.46. The van der Waals surface area contributed by atoms with E-state index in [2.05, 4.69) is 0 Å². The second kappa shape index (κ2) is 7.70. The molecule has 0 aliphatic carbocycles. The number of hydrogen-bond acceptors (Lipinski definition) is 3. The average Bonchev–Trinajstić information content (AvgIpc) is 2.59. The van der Waals surface area contributed by atoms with Gasteiger partial charge in [-0.2, -0.15) is 0 Å². The van der Waals surface area contributed by atoms with Crippen molar-refractivity contribution in [1.82, 2.24) is 0 Å². The summed E-state index contributed by atoms with van der Waals surface area (Å²) >= 11 is 0. The van der Waals surface area contributed by atoms with Gasteiger partial charge in [0.1, 0.15) is 0 Å². The number of carboxylic acid groups (broad SMARTS) is 1. The van der Waals surface area contributed by atoms with Crippen LogP contribution in [0, 0.1) is 0 Å². The minimum Gasteiger partial charge on any atom is -0.479 e. The topological polar surface area (TPSA) is 63.6 Å². The molecule has 0 bridgehead atoms. The molecule has 0 radical (unpaired) electrons. The maximum atomic E-state index is 12.4. The number of Topliss-reactive ketones (excluding diaryl/α,β-unsaturated/α-hetero) is 1. The van der Waals surface area contributed by atoms with Crippen LogP contribution in [0.4, 0.5) is 0 Å². The first kappa shape index (κ1) is 16.9. The van der Waals surface area contributed by atoms with Crippen LogP contribution in [-0.4, -0.2) is 22.5 Å². The van der Waals surface area contributed by atoms with E-state index in [0.29, 0.717) is 0 Å². The number of ketones is 1. The van der Waals surface area contributed by atoms with Gasteiger partial charge in [-0.05, 0) is 11.1 Å². The molecule has 2 aromatic rings. The number of carbonyl (C=O) groups is 2. The molecule has 23 heavy (non-hydrogen) atoms. The Hall–Kier alpha value is -2.46. The van der Waals surface area contributed by atoms with Crippen LogP contribution in [0.15, 0.2) is 60.7 Å². The molecule has 0 aliphatic heterocycles. The van der Waals surface area contributed by atoms with E-state index in [9.17, 15) is 14.7 Å². The van der Waals surface area contributed by atoms with Crippen LogP contribution in [0.2, 0.25) is 0 Å². The van der Waals surface area contributed by atoms with Gasteiger partial charge in [0, 0.05) is 12.8 Å². The molecule has 0 spiro atoms. The molecule has 1 atom stereocenters. The van der Waals surface area contributed by atoms with Gasteiger partial charge in [-0.3, -0.25) is 4.79 Å². The number of carbonyl (C=O) groups excluding carboxylic acids is 1. The predicted molar refractivity (Wildman–Crippen MR) is 87.0 cm³/mol. The van der Waals surface area contributed by atoms with Crippen molar-refractivity contribution >= 4 is 11.8 Å². The predicted octanol–water partition coefficient (Wildman–Crippen LogP) is 3.25. The van der Waals surface area contributed by atoms with Crippen molar-refractivity contribution in [3.8, 4) is 0 Å². The molecule has 4 nitrogen and oxygen atoms in total. The van der Waals surface area contributed by atoms with Gasteiger partial charge in [0.15, 0.2) is 5.78 Å². The van der Waals surface area contributed by atoms with Gasteiger partial charge in [0.2, 0.25) is 5.60 Å². The second-order valence-electron chi connectivity index (χ2n) is 5.35. The SMILES string of the molecule is CCC(=O)C(Cc1ccccc1)(OCc1ccccc1)C(=O)O. The minimum absolute atomic E-state index is 0.0165. The average molecular weight is 312 g/mol. The molecular formula is C19H20O4. The maximum absolute atomic E-state index is 12.4. The molecule has 0 amide bonds. The Labute approximate surface area is 135 Å². The number of benzene rings is 2. The van der Waals surface area contributed by atoms with E-state index in [4.69, 9.17) is 4.74 Å². The quantitative estimate of drug-likeness (QED) is 0.760. The third kappa shape index (κ3) is 4.05. The summed E-state index contributed by atoms with van der Waals surface area (Å²) in [5.74, 6) is -1.67. The fourth-order valence-electron chi connectivity index (χ4n) is 2.44. The number of carboxylic acids is 1. The van der Waals surface area contributed by atoms with E-state index < -0.39 is 17.4 Å². The lowest BCUT2D eigenvalue weighted by molar-refractivity contribution is -0.174. The molecule has 0 fully saturated rings. The number of ether oxygens (including phenoxy) is 1. The monoisotopic (exact) mass is 312 g/mol. The standard InChI is InChI=1S/C19H20O4/c1-2-17(20)19(18(21)22,13-15-9-5-3-6-10-15)23-14-16-11-7-4-8-12-16/h3-12H,2,13-14H2,1H3,(H,21,22). The van der Waals surface area contributed by atoms with Gasteiger partial charge in [0.05, 0.1) is 6.61 Å². The van der Waals surface area contributed by atoms with Crippen molar-refractivity contribution in [3.63, 3.8) is 0 Å². The van der Waals surface area contributed by atoms with Crippen molar-refractivity contribution in [1.29, 1.82) is 0 Å². The summed E-state index contributed by atoms with van der Waals surface area (Å²) in [6.45, 7) is 1.72. The van der Waals surface area contributed by atoms with Crippen LogP contribution in [0.3, 0.4) is 0 Å². The Bertz CT molecular complexity index is 652. The summed E-state index contributed by atoms with van der Waals surface area (Å²) in [7, 11) is 0. The highest BCUT2D eigenvalue weighted by atomic mass is 16.5. The molecule has 0 saturated carbocycles. The second-order valence-corrected chi connectivity index (χ2v) is 5.35. The van der Waals surface area contributed by atoms with Gasteiger partial charge in [-0.1, -0.05) is 67.6 Å². The Balaban J connectivity index is 2.29. The van der Waals surface area contributed by atoms with E-state index in [1.807, 2.05) is 48.5 Å². The van der Waals surface area contributed by atoms with E-state index in [0.717, 1.165) is 11.1 Å². The molecule has 4 heteroatoms. The summed E-state index contributed by atoms with van der Waals surface area (Å²) < 4.78 is 5.68. The lowest BCUT2D eigenvalue weighted by atomic mass is 9.88. The van der Waals surface area contributed by atoms with Crippen molar-refractivity contribution in [2.75, 3.05) is 0 Å². The van der Waals surface area contributed by atoms with Gasteiger partial charge in [-0.25, -0.2) is 4.79 Å². The number of rotatable bonds is 8. The van der Waals surface area contributed by atoms with E-state index in [-0.39, 0.29) is 19.4 Å². The zero-order chi connectivity index (χ0) is 16.7. The van der Waals surface area contributed by atoms with Crippen molar-refractivity contribution < 1.29 is 19.4 Å². The van der Waals surface area contributed by atoms with Gasteiger partial charge >= 0.3 is 5.97 Å². The molecule has 0 aromatic heterocycles. The molecule has 0 aliphatic rings. The largest absolute Gasteiger partial charge is 0.479 e. The fraction of sp³-hybridized carbons (Fsp3) is 0.263. The van der Waals surface area contributed by atoms with E-state index in [1.54, 1.807) is 19.1 Å². The highest BCUT2D eigenvalue weighted by molar-refractivity contribution is 6.06. The Morgan fingerprint density at radius 2 is 1.48 bits per heavy atom. The molecule has 120 valence electrons. The summed E-state index contributed by atoms with van der Waals surface area (Å²) in [5, 5.41) is 9.72. The smallest absolute Gasteiger partial charge is 0.344 e. The van der Waals surface area contributed by atoms with Crippen molar-refractivity contribution in [2.24, 2.45) is 0 Å². The van der Waals surface area contributed by atoms with Crippen LogP contribution in [0.25, 0.3) is 0 Å². The van der Waals surface area contributed by atoms with Crippen LogP contribution in [0.5, 0.6) is 0 Å². The lowest BCUT2D eigenvalue weighted by Gasteiger charge is -2.28. The van der Waals surface area contributed by atoms with Crippen molar-refractivity contribution in [2.45, 2.75) is 32.0 Å². The number of aliphatic carboxylic acids is 1. The zero-order valence-corrected chi connectivity index (χ0v) is 13.1. The molecule has 0 saturated heterocycles. The van der Waals surface area contributed by atoms with Crippen LogP contribution in [-0.2, 0) is 27.4 Å². The van der Waals surface area contributed by atoms with Gasteiger partial charge in [-0.15, -0.1) is 0 Å². The highest BCUT2D eigenvalue weighted by Crippen LogP contribution is 2.23. The molecule has 1 unspecified atom stereocenters. The van der Waals surface area contributed by atoms with Crippen LogP contribution in [0.1, 0.15) is 24.5 Å². The first-order chi connectivity index (χ1) is 11.1. The molecule has 2 aromatic carbocycles. The summed E-state index contributed by atoms with van der Waals surface area (Å²) in [6.07, 6.45) is 0.122. The molecule has 0 heterocycles. The fourth-order valence-corrected chi connectivity index (χ4v) is 2.44. The van der Waals surface area contributed by atoms with Crippen molar-refractivity contribution in [3.05, 3.63) is 71.8 Å². The Morgan fingerprint density at radius 1 is 0.957 bits per heavy atom. The minimum atomic E-state index is -1.86. The summed E-state index contributed by atoms with van der Waals surface area (Å²) in [4.78, 5) is 24.3. The molecule has 1 N–H and O–H groups in total. The number of hydrogen-bond donors (Lipinski definition) is 1. The van der Waals surface area contributed by atoms with Crippen LogP contribution < -0.4 is 0 Å². The molecule has 2 rings (SSSR count). The van der Waals surface area contributed by atoms with Gasteiger partial charge < -0.3 is 9.84 Å². The lowest BCUT2D eigenvalue weighted by Crippen LogP contribution is -2.50. The van der Waals surface area contributed by atoms with E-state index in [1.165, 1.54) is 0 Å². The summed E-state index contributed by atoms with van der Waals surface area (Å²) in [5.41, 5.74) is -0.272. The third-order valence-corrected chi connectivity index (χ3v) is 3.74. The van der Waals surface area contributed by atoms with Crippen LogP contribution >= 0.6 is 0 Å². The molecular weight excluding hydrogens is 292 g/mol. The maximum Gasteiger partial charge on any atom is 0.344 e. The van der Waals surface area contributed by atoms with Gasteiger partial charge in [0.25, 0.3) is 0 Å². The Morgan fingerprint density at radius 3 is 1.96 bits per heavy atom. The Kier molecular flexibility index (Phi) is 5.66. The van der Waals surface area contributed by atoms with E-state index >= 15 is 0 Å². The normalized spacial score (nSPS) is 13.3. The zero-order valence-electron chi connectivity index (χ0n) is 13.1. The summed E-state index contributed by atoms with van der Waals surface area (Å²) in [6, 6.07) is 18.3. The first-order valence-corrected chi connectivity index (χ1v) is 7.57. The first-order valence-electron chi connectivity index (χ1n) is 7.57.